The number of hydrogen-bond donors (Lipinski definition) is 1. The Morgan fingerprint density at radius 1 is 1.56 bits per heavy atom. The van der Waals surface area contributed by atoms with Crippen LogP contribution in [0.2, 0.25) is 0 Å². The Labute approximate surface area is 96.4 Å². The van der Waals surface area contributed by atoms with E-state index in [0.29, 0.717) is 12.6 Å². The summed E-state index contributed by atoms with van der Waals surface area (Å²) in [6.45, 7) is 2.65. The Morgan fingerprint density at radius 2 is 2.44 bits per heavy atom. The van der Waals surface area contributed by atoms with Gasteiger partial charge in [0.2, 0.25) is 0 Å². The quantitative estimate of drug-likeness (QED) is 0.817. The molecule has 2 rings (SSSR count). The van der Waals surface area contributed by atoms with Crippen molar-refractivity contribution >= 4 is 5.82 Å². The van der Waals surface area contributed by atoms with E-state index < -0.39 is 0 Å². The van der Waals surface area contributed by atoms with E-state index in [4.69, 9.17) is 10.5 Å². The van der Waals surface area contributed by atoms with E-state index in [9.17, 15) is 0 Å². The Balaban J connectivity index is 1.99. The van der Waals surface area contributed by atoms with Gasteiger partial charge >= 0.3 is 0 Å². The fourth-order valence-electron chi connectivity index (χ4n) is 2.05. The van der Waals surface area contributed by atoms with Crippen molar-refractivity contribution in [3.63, 3.8) is 0 Å². The number of hydrogen-bond acceptors (Lipinski definition) is 4. The molecule has 2 heterocycles. The van der Waals surface area contributed by atoms with E-state index >= 15 is 0 Å². The van der Waals surface area contributed by atoms with Crippen molar-refractivity contribution in [2.24, 2.45) is 5.73 Å². The second-order valence-corrected chi connectivity index (χ2v) is 4.16. The van der Waals surface area contributed by atoms with Crippen LogP contribution in [-0.4, -0.2) is 37.8 Å². The molecular formula is C12H19N3O. The molecule has 1 saturated heterocycles. The zero-order valence-corrected chi connectivity index (χ0v) is 9.72. The van der Waals surface area contributed by atoms with E-state index in [1.165, 1.54) is 5.56 Å². The van der Waals surface area contributed by atoms with Crippen molar-refractivity contribution < 1.29 is 4.74 Å². The smallest absolute Gasteiger partial charge is 0.128 e. The van der Waals surface area contributed by atoms with E-state index in [1.54, 1.807) is 7.11 Å². The number of aromatic nitrogens is 1. The van der Waals surface area contributed by atoms with Gasteiger partial charge in [-0.05, 0) is 31.0 Å². The molecule has 0 spiro atoms. The molecule has 4 nitrogen and oxygen atoms in total. The summed E-state index contributed by atoms with van der Waals surface area (Å²) in [5.74, 6) is 1.04. The number of nitrogens with zero attached hydrogens (tertiary/aromatic N) is 2. The molecule has 1 fully saturated rings. The Hall–Kier alpha value is -1.13. The van der Waals surface area contributed by atoms with Gasteiger partial charge in [-0.1, -0.05) is 6.07 Å². The van der Waals surface area contributed by atoms with E-state index in [0.717, 1.165) is 31.7 Å². The lowest BCUT2D eigenvalue weighted by atomic mass is 10.2. The number of anilines is 1. The van der Waals surface area contributed by atoms with Crippen molar-refractivity contribution in [1.82, 2.24) is 4.98 Å². The Morgan fingerprint density at radius 3 is 3.00 bits per heavy atom. The predicted molar refractivity (Wildman–Crippen MR) is 64.6 cm³/mol. The molecule has 1 aliphatic rings. The first-order valence-corrected chi connectivity index (χ1v) is 5.76. The first-order chi connectivity index (χ1) is 7.83. The van der Waals surface area contributed by atoms with Crippen LogP contribution in [0.15, 0.2) is 18.3 Å². The molecule has 0 bridgehead atoms. The molecule has 0 amide bonds. The van der Waals surface area contributed by atoms with Gasteiger partial charge in [0.25, 0.3) is 0 Å². The van der Waals surface area contributed by atoms with Crippen molar-refractivity contribution in [2.45, 2.75) is 18.9 Å². The molecule has 1 aromatic rings. The van der Waals surface area contributed by atoms with Crippen LogP contribution < -0.4 is 10.6 Å². The highest BCUT2D eigenvalue weighted by Gasteiger charge is 2.22. The molecule has 16 heavy (non-hydrogen) atoms. The van der Waals surface area contributed by atoms with Crippen LogP contribution in [0, 0.1) is 0 Å². The monoisotopic (exact) mass is 221 g/mol. The number of methoxy groups -OCH3 is 1. The van der Waals surface area contributed by atoms with Crippen molar-refractivity contribution in [3.8, 4) is 0 Å². The first-order valence-electron chi connectivity index (χ1n) is 5.76. The molecule has 0 aliphatic carbocycles. The van der Waals surface area contributed by atoms with Crippen LogP contribution in [0.1, 0.15) is 12.0 Å². The number of ether oxygens (including phenoxy) is 1. The van der Waals surface area contributed by atoms with Gasteiger partial charge in [0.15, 0.2) is 0 Å². The topological polar surface area (TPSA) is 51.4 Å². The van der Waals surface area contributed by atoms with E-state index in [-0.39, 0.29) is 0 Å². The summed E-state index contributed by atoms with van der Waals surface area (Å²) in [5.41, 5.74) is 6.70. The summed E-state index contributed by atoms with van der Waals surface area (Å²) in [6, 6.07) is 4.18. The normalized spacial score (nSPS) is 20.4. The second-order valence-electron chi connectivity index (χ2n) is 4.16. The van der Waals surface area contributed by atoms with Gasteiger partial charge in [0.05, 0.1) is 6.10 Å². The summed E-state index contributed by atoms with van der Waals surface area (Å²) in [7, 11) is 1.77. The van der Waals surface area contributed by atoms with Gasteiger partial charge in [-0.15, -0.1) is 0 Å². The molecule has 0 aromatic carbocycles. The van der Waals surface area contributed by atoms with Gasteiger partial charge in [0.1, 0.15) is 5.82 Å². The van der Waals surface area contributed by atoms with Crippen molar-refractivity contribution in [2.75, 3.05) is 31.6 Å². The lowest BCUT2D eigenvalue weighted by Crippen LogP contribution is -2.23. The summed E-state index contributed by atoms with van der Waals surface area (Å²) in [5, 5.41) is 0. The van der Waals surface area contributed by atoms with Crippen LogP contribution in [0.5, 0.6) is 0 Å². The Bertz CT molecular complexity index is 326. The maximum absolute atomic E-state index is 5.50. The molecule has 1 unspecified atom stereocenters. The molecule has 1 aliphatic heterocycles. The molecule has 0 radical (unpaired) electrons. The fourth-order valence-corrected chi connectivity index (χ4v) is 2.05. The average molecular weight is 221 g/mol. The number of pyridine rings is 1. The number of nitrogens with two attached hydrogens (primary N) is 1. The molecule has 2 N–H and O–H groups in total. The van der Waals surface area contributed by atoms with Gasteiger partial charge in [-0.2, -0.15) is 0 Å². The first kappa shape index (κ1) is 11.4. The van der Waals surface area contributed by atoms with E-state index in [1.807, 2.05) is 6.20 Å². The summed E-state index contributed by atoms with van der Waals surface area (Å²) in [4.78, 5) is 6.73. The third-order valence-corrected chi connectivity index (χ3v) is 3.04. The third-order valence-electron chi connectivity index (χ3n) is 3.04. The third kappa shape index (κ3) is 2.51. The number of rotatable bonds is 4. The molecule has 0 saturated carbocycles. The van der Waals surface area contributed by atoms with Crippen LogP contribution in [-0.2, 0) is 11.2 Å². The summed E-state index contributed by atoms with van der Waals surface area (Å²) >= 11 is 0. The van der Waals surface area contributed by atoms with Crippen LogP contribution in [0.3, 0.4) is 0 Å². The highest BCUT2D eigenvalue weighted by Crippen LogP contribution is 2.19. The molecule has 1 atom stereocenters. The lowest BCUT2D eigenvalue weighted by molar-refractivity contribution is 0.121. The lowest BCUT2D eigenvalue weighted by Gasteiger charge is -2.17. The predicted octanol–water partition coefficient (Wildman–Crippen LogP) is 0.808. The van der Waals surface area contributed by atoms with Gasteiger partial charge in [-0.25, -0.2) is 4.98 Å². The molecule has 4 heteroatoms. The molecular weight excluding hydrogens is 202 g/mol. The maximum Gasteiger partial charge on any atom is 0.128 e. The summed E-state index contributed by atoms with van der Waals surface area (Å²) in [6.07, 6.45) is 4.25. The molecule has 1 aromatic heterocycles. The fraction of sp³-hybridized carbons (Fsp3) is 0.583. The highest BCUT2D eigenvalue weighted by atomic mass is 16.5. The minimum absolute atomic E-state index is 0.352. The van der Waals surface area contributed by atoms with Crippen LogP contribution in [0.4, 0.5) is 5.82 Å². The van der Waals surface area contributed by atoms with Gasteiger partial charge in [0, 0.05) is 26.4 Å². The molecule has 88 valence electrons. The van der Waals surface area contributed by atoms with Gasteiger partial charge < -0.3 is 15.4 Å². The maximum atomic E-state index is 5.50. The highest BCUT2D eigenvalue weighted by molar-refractivity contribution is 5.40. The standard InChI is InChI=1S/C12H19N3O/c1-16-11-5-7-15(9-11)12-3-2-10(4-6-13)8-14-12/h2-3,8,11H,4-7,9,13H2,1H3. The average Bonchev–Trinajstić information content (AvgIpc) is 2.79. The van der Waals surface area contributed by atoms with Crippen LogP contribution in [0.25, 0.3) is 0 Å². The summed E-state index contributed by atoms with van der Waals surface area (Å²) < 4.78 is 5.34. The largest absolute Gasteiger partial charge is 0.380 e. The van der Waals surface area contributed by atoms with Gasteiger partial charge in [-0.3, -0.25) is 0 Å². The SMILES string of the molecule is COC1CCN(c2ccc(CCN)cn2)C1. The zero-order chi connectivity index (χ0) is 11.4. The minimum atomic E-state index is 0.352. The van der Waals surface area contributed by atoms with Crippen molar-refractivity contribution in [1.29, 1.82) is 0 Å². The zero-order valence-electron chi connectivity index (χ0n) is 9.72. The Kier molecular flexibility index (Phi) is 3.74. The van der Waals surface area contributed by atoms with Crippen molar-refractivity contribution in [3.05, 3.63) is 23.9 Å². The minimum Gasteiger partial charge on any atom is -0.380 e. The van der Waals surface area contributed by atoms with E-state index in [2.05, 4.69) is 22.0 Å². The van der Waals surface area contributed by atoms with Crippen LogP contribution >= 0.6 is 0 Å². The second kappa shape index (κ2) is 5.27.